The molecule has 0 spiro atoms. The second kappa shape index (κ2) is 7.79. The maximum absolute atomic E-state index is 11.8. The summed E-state index contributed by atoms with van der Waals surface area (Å²) in [6, 6.07) is 4.52. The number of nitro groups is 1. The maximum Gasteiger partial charge on any atom is 0.340 e. The summed E-state index contributed by atoms with van der Waals surface area (Å²) in [4.78, 5) is 26.8. The highest BCUT2D eigenvalue weighted by Crippen LogP contribution is 2.29. The van der Waals surface area contributed by atoms with Crippen LogP contribution in [0.25, 0.3) is 0 Å². The number of carbonyl (C=O) groups is 1. The van der Waals surface area contributed by atoms with Crippen molar-refractivity contribution in [3.8, 4) is 0 Å². The third-order valence-electron chi connectivity index (χ3n) is 2.96. The molecule has 0 amide bonds. The van der Waals surface area contributed by atoms with E-state index in [1.54, 1.807) is 6.07 Å². The van der Waals surface area contributed by atoms with Gasteiger partial charge in [0.2, 0.25) is 0 Å². The Balaban J connectivity index is 2.10. The quantitative estimate of drug-likeness (QED) is 0.360. The van der Waals surface area contributed by atoms with Gasteiger partial charge in [-0.25, -0.2) is 9.78 Å². The highest BCUT2D eigenvalue weighted by atomic mass is 32.1. The molecule has 24 heavy (non-hydrogen) atoms. The Morgan fingerprint density at radius 3 is 2.75 bits per heavy atom. The molecular weight excluding hydrogens is 352 g/mol. The van der Waals surface area contributed by atoms with Crippen molar-refractivity contribution < 1.29 is 14.5 Å². The smallest absolute Gasteiger partial charge is 0.340 e. The molecule has 0 bridgehead atoms. The number of methoxy groups -OCH3 is 1. The zero-order chi connectivity index (χ0) is 17.7. The molecule has 0 aliphatic rings. The van der Waals surface area contributed by atoms with Gasteiger partial charge in [0.25, 0.3) is 5.69 Å². The Bertz CT molecular complexity index is 774. The molecule has 2 aromatic rings. The third-order valence-corrected chi connectivity index (χ3v) is 4.36. The number of nitrogens with zero attached hydrogens (tertiary/aromatic N) is 2. The monoisotopic (exact) mass is 366 g/mol. The summed E-state index contributed by atoms with van der Waals surface area (Å²) in [6.45, 7) is 1.98. The van der Waals surface area contributed by atoms with Crippen molar-refractivity contribution in [3.63, 3.8) is 0 Å². The van der Waals surface area contributed by atoms with Crippen LogP contribution >= 0.6 is 23.6 Å². The molecule has 0 saturated heterocycles. The summed E-state index contributed by atoms with van der Waals surface area (Å²) in [6.07, 6.45) is 1.91. The van der Waals surface area contributed by atoms with E-state index in [9.17, 15) is 14.9 Å². The van der Waals surface area contributed by atoms with Crippen molar-refractivity contribution >= 4 is 51.1 Å². The number of nitrogens with one attached hydrogen (secondary N) is 2. The molecule has 0 aromatic carbocycles. The molecule has 0 atom stereocenters. The van der Waals surface area contributed by atoms with Crippen LogP contribution in [0.15, 0.2) is 24.4 Å². The van der Waals surface area contributed by atoms with Gasteiger partial charge >= 0.3 is 5.97 Å². The molecule has 10 heteroatoms. The molecule has 0 aliphatic heterocycles. The summed E-state index contributed by atoms with van der Waals surface area (Å²) in [5.41, 5.74) is 0.290. The molecule has 0 unspecified atom stereocenters. The summed E-state index contributed by atoms with van der Waals surface area (Å²) >= 11 is 6.59. The van der Waals surface area contributed by atoms with Crippen LogP contribution in [-0.4, -0.2) is 28.1 Å². The number of anilines is 2. The first-order valence-corrected chi connectivity index (χ1v) is 8.06. The first-order valence-electron chi connectivity index (χ1n) is 6.84. The van der Waals surface area contributed by atoms with Crippen molar-refractivity contribution in [1.82, 2.24) is 4.98 Å². The van der Waals surface area contributed by atoms with Gasteiger partial charge in [0.1, 0.15) is 17.0 Å². The van der Waals surface area contributed by atoms with Gasteiger partial charge in [-0.3, -0.25) is 10.1 Å². The second-order valence-corrected chi connectivity index (χ2v) is 6.08. The maximum atomic E-state index is 11.8. The Morgan fingerprint density at radius 1 is 1.46 bits per heavy atom. The van der Waals surface area contributed by atoms with Crippen LogP contribution in [0.3, 0.4) is 0 Å². The molecule has 0 radical (unpaired) electrons. The number of ether oxygens (including phenoxy) is 1. The fourth-order valence-electron chi connectivity index (χ4n) is 1.79. The number of aromatic nitrogens is 1. The average Bonchev–Trinajstić information content (AvgIpc) is 2.97. The van der Waals surface area contributed by atoms with Gasteiger partial charge in [-0.15, -0.1) is 11.3 Å². The number of esters is 1. The number of pyridine rings is 1. The third kappa shape index (κ3) is 4.24. The van der Waals surface area contributed by atoms with E-state index in [0.29, 0.717) is 16.4 Å². The molecule has 0 fully saturated rings. The van der Waals surface area contributed by atoms with E-state index in [0.717, 1.165) is 17.5 Å². The Hall–Kier alpha value is -2.59. The number of hydrogen-bond donors (Lipinski definition) is 2. The van der Waals surface area contributed by atoms with E-state index in [1.807, 2.05) is 6.92 Å². The lowest BCUT2D eigenvalue weighted by Crippen LogP contribution is -2.20. The van der Waals surface area contributed by atoms with Gasteiger partial charge in [0.15, 0.2) is 5.11 Å². The second-order valence-electron chi connectivity index (χ2n) is 4.54. The van der Waals surface area contributed by atoms with Crippen LogP contribution < -0.4 is 10.6 Å². The van der Waals surface area contributed by atoms with Gasteiger partial charge in [-0.1, -0.05) is 6.92 Å². The van der Waals surface area contributed by atoms with E-state index < -0.39 is 10.9 Å². The molecular formula is C14H14N4O4S2. The van der Waals surface area contributed by atoms with Gasteiger partial charge < -0.3 is 15.4 Å². The standard InChI is InChI=1S/C14H14N4O4S2/c1-3-9-6-10(13(19)22-2)12(24-9)17-14(23)16-11-5-4-8(7-15-11)18(20)21/h4-7H,3H2,1-2H3,(H2,15,16,17,23). The van der Waals surface area contributed by atoms with Gasteiger partial charge in [0, 0.05) is 10.9 Å². The first-order chi connectivity index (χ1) is 11.4. The minimum atomic E-state index is -0.534. The zero-order valence-electron chi connectivity index (χ0n) is 12.9. The van der Waals surface area contributed by atoms with Gasteiger partial charge in [-0.2, -0.15) is 0 Å². The SMILES string of the molecule is CCc1cc(C(=O)OC)c(NC(=S)Nc2ccc([N+](=O)[O-])cn2)s1. The summed E-state index contributed by atoms with van der Waals surface area (Å²) < 4.78 is 4.76. The van der Waals surface area contributed by atoms with Crippen LogP contribution in [0.5, 0.6) is 0 Å². The first kappa shape index (κ1) is 17.8. The highest BCUT2D eigenvalue weighted by molar-refractivity contribution is 7.80. The van der Waals surface area contributed by atoms with Crippen LogP contribution in [0.2, 0.25) is 0 Å². The van der Waals surface area contributed by atoms with E-state index in [2.05, 4.69) is 15.6 Å². The van der Waals surface area contributed by atoms with Crippen molar-refractivity contribution in [2.45, 2.75) is 13.3 Å². The number of thiocarbonyl (C=S) groups is 1. The normalized spacial score (nSPS) is 10.1. The van der Waals surface area contributed by atoms with Gasteiger partial charge in [0.05, 0.1) is 17.6 Å². The largest absolute Gasteiger partial charge is 0.465 e. The fourth-order valence-corrected chi connectivity index (χ4v) is 3.05. The predicted octanol–water partition coefficient (Wildman–Crippen LogP) is 3.21. The van der Waals surface area contributed by atoms with Crippen molar-refractivity contribution in [2.75, 3.05) is 17.7 Å². The lowest BCUT2D eigenvalue weighted by Gasteiger charge is -2.09. The predicted molar refractivity (Wildman–Crippen MR) is 95.8 cm³/mol. The minimum absolute atomic E-state index is 0.113. The summed E-state index contributed by atoms with van der Waals surface area (Å²) in [5, 5.41) is 17.1. The van der Waals surface area contributed by atoms with Crippen LogP contribution in [0.1, 0.15) is 22.2 Å². The van der Waals surface area contributed by atoms with Crippen molar-refractivity contribution in [1.29, 1.82) is 0 Å². The van der Waals surface area contributed by atoms with E-state index in [1.165, 1.54) is 30.6 Å². The van der Waals surface area contributed by atoms with Crippen molar-refractivity contribution in [3.05, 3.63) is 45.0 Å². The number of rotatable bonds is 5. The molecule has 0 saturated carbocycles. The van der Waals surface area contributed by atoms with E-state index in [-0.39, 0.29) is 10.8 Å². The topological polar surface area (TPSA) is 106 Å². The minimum Gasteiger partial charge on any atom is -0.465 e. The Morgan fingerprint density at radius 2 is 2.21 bits per heavy atom. The van der Waals surface area contributed by atoms with E-state index >= 15 is 0 Å². The average molecular weight is 366 g/mol. The number of thiophene rings is 1. The van der Waals surface area contributed by atoms with Crippen LogP contribution in [0.4, 0.5) is 16.5 Å². The lowest BCUT2D eigenvalue weighted by molar-refractivity contribution is -0.385. The van der Waals surface area contributed by atoms with Crippen molar-refractivity contribution in [2.24, 2.45) is 0 Å². The molecule has 2 rings (SSSR count). The molecule has 126 valence electrons. The Kier molecular flexibility index (Phi) is 5.77. The van der Waals surface area contributed by atoms with E-state index in [4.69, 9.17) is 17.0 Å². The number of hydrogen-bond acceptors (Lipinski definition) is 7. The van der Waals surface area contributed by atoms with Gasteiger partial charge in [-0.05, 0) is 30.8 Å². The lowest BCUT2D eigenvalue weighted by atomic mass is 10.2. The zero-order valence-corrected chi connectivity index (χ0v) is 14.5. The summed E-state index contributed by atoms with van der Waals surface area (Å²) in [5.74, 6) is -0.102. The van der Waals surface area contributed by atoms with Crippen LogP contribution in [-0.2, 0) is 11.2 Å². The molecule has 2 N–H and O–H groups in total. The highest BCUT2D eigenvalue weighted by Gasteiger charge is 2.17. The molecule has 0 aliphatic carbocycles. The van der Waals surface area contributed by atoms with Crippen LogP contribution in [0, 0.1) is 10.1 Å². The molecule has 2 aromatic heterocycles. The fraction of sp³-hybridized carbons (Fsp3) is 0.214. The molecule has 8 nitrogen and oxygen atoms in total. The number of carbonyl (C=O) groups excluding carboxylic acids is 1. The summed E-state index contributed by atoms with van der Waals surface area (Å²) in [7, 11) is 1.31. The Labute approximate surface area is 147 Å². The molecule has 2 heterocycles. The number of aryl methyl sites for hydroxylation is 1.